The van der Waals surface area contributed by atoms with Crippen molar-refractivity contribution in [3.05, 3.63) is 82.7 Å². The third-order valence-corrected chi connectivity index (χ3v) is 5.10. The summed E-state index contributed by atoms with van der Waals surface area (Å²) < 4.78 is 5.32. The lowest BCUT2D eigenvalue weighted by Gasteiger charge is -2.15. The number of benzene rings is 2. The molecule has 0 unspecified atom stereocenters. The number of nitrogens with zero attached hydrogens (tertiary/aromatic N) is 1. The first-order chi connectivity index (χ1) is 15.0. The van der Waals surface area contributed by atoms with E-state index in [0.717, 1.165) is 11.3 Å². The van der Waals surface area contributed by atoms with E-state index in [0.29, 0.717) is 38.6 Å². The zero-order valence-electron chi connectivity index (χ0n) is 16.8. The van der Waals surface area contributed by atoms with Gasteiger partial charge in [0, 0.05) is 29.9 Å². The summed E-state index contributed by atoms with van der Waals surface area (Å²) in [6.07, 6.45) is 2.88. The van der Waals surface area contributed by atoms with Crippen LogP contribution in [-0.2, 0) is 0 Å². The molecular formula is C23H19ClN4O3. The highest BCUT2D eigenvalue weighted by Gasteiger charge is 2.16. The summed E-state index contributed by atoms with van der Waals surface area (Å²) in [4.78, 5) is 29.4. The minimum Gasteiger partial charge on any atom is -0.463 e. The Hall–Kier alpha value is -3.84. The number of halogens is 1. The molecule has 3 N–H and O–H groups in total. The van der Waals surface area contributed by atoms with Gasteiger partial charge in [-0.05, 0) is 42.8 Å². The van der Waals surface area contributed by atoms with Crippen LogP contribution < -0.4 is 16.0 Å². The zero-order valence-corrected chi connectivity index (χ0v) is 17.6. The first-order valence-corrected chi connectivity index (χ1v) is 9.87. The lowest BCUT2D eigenvalue weighted by molar-refractivity contribution is 0.0961. The average Bonchev–Trinajstić information content (AvgIpc) is 3.16. The van der Waals surface area contributed by atoms with Crippen LogP contribution in [0.25, 0.3) is 11.0 Å². The third-order valence-electron chi connectivity index (χ3n) is 4.81. The van der Waals surface area contributed by atoms with Gasteiger partial charge in [0.05, 0.1) is 16.3 Å². The minimum absolute atomic E-state index is 0.308. The molecule has 0 atom stereocenters. The summed E-state index contributed by atoms with van der Waals surface area (Å²) in [6.45, 7) is 1.96. The van der Waals surface area contributed by atoms with Crippen molar-refractivity contribution in [1.82, 2.24) is 10.3 Å². The molecule has 2 amide bonds. The SMILES string of the molecule is CNC(=O)c1cnc(Nc2ccccc2C)c(NC(=O)c2ccc3occ(Cl)c3c2)c1. The van der Waals surface area contributed by atoms with E-state index in [1.165, 1.54) is 19.5 Å². The van der Waals surface area contributed by atoms with Crippen LogP contribution in [0.3, 0.4) is 0 Å². The molecule has 31 heavy (non-hydrogen) atoms. The van der Waals surface area contributed by atoms with E-state index in [2.05, 4.69) is 20.9 Å². The second-order valence-electron chi connectivity index (χ2n) is 6.89. The molecule has 0 bridgehead atoms. The van der Waals surface area contributed by atoms with Gasteiger partial charge in [0.25, 0.3) is 11.8 Å². The highest BCUT2D eigenvalue weighted by Crippen LogP contribution is 2.29. The zero-order chi connectivity index (χ0) is 22.0. The van der Waals surface area contributed by atoms with E-state index in [-0.39, 0.29) is 11.8 Å². The molecule has 0 saturated carbocycles. The van der Waals surface area contributed by atoms with Gasteiger partial charge in [-0.25, -0.2) is 4.98 Å². The number of nitrogens with one attached hydrogen (secondary N) is 3. The maximum atomic E-state index is 13.0. The van der Waals surface area contributed by atoms with Crippen molar-refractivity contribution < 1.29 is 14.0 Å². The number of para-hydroxylation sites is 1. The highest BCUT2D eigenvalue weighted by molar-refractivity contribution is 6.35. The van der Waals surface area contributed by atoms with Crippen LogP contribution >= 0.6 is 11.6 Å². The Morgan fingerprint density at radius 1 is 1.00 bits per heavy atom. The maximum Gasteiger partial charge on any atom is 0.255 e. The van der Waals surface area contributed by atoms with Gasteiger partial charge in [-0.3, -0.25) is 9.59 Å². The van der Waals surface area contributed by atoms with Crippen molar-refractivity contribution in [1.29, 1.82) is 0 Å². The number of amides is 2. The van der Waals surface area contributed by atoms with Gasteiger partial charge in [-0.2, -0.15) is 0 Å². The topological polar surface area (TPSA) is 96.3 Å². The largest absolute Gasteiger partial charge is 0.463 e. The molecule has 0 saturated heterocycles. The molecule has 4 aromatic rings. The number of anilines is 3. The molecule has 2 aromatic heterocycles. The summed E-state index contributed by atoms with van der Waals surface area (Å²) in [5.41, 5.74) is 3.52. The average molecular weight is 435 g/mol. The van der Waals surface area contributed by atoms with Crippen molar-refractivity contribution in [3.8, 4) is 0 Å². The predicted octanol–water partition coefficient (Wildman–Crippen LogP) is 5.15. The molecule has 0 radical (unpaired) electrons. The number of carbonyl (C=O) groups is 2. The van der Waals surface area contributed by atoms with Gasteiger partial charge in [-0.15, -0.1) is 0 Å². The maximum absolute atomic E-state index is 13.0. The predicted molar refractivity (Wildman–Crippen MR) is 121 cm³/mol. The van der Waals surface area contributed by atoms with Crippen LogP contribution in [0.4, 0.5) is 17.2 Å². The van der Waals surface area contributed by atoms with Crippen molar-refractivity contribution in [2.45, 2.75) is 6.92 Å². The number of rotatable bonds is 5. The molecule has 0 aliphatic heterocycles. The molecule has 2 aromatic carbocycles. The van der Waals surface area contributed by atoms with Gasteiger partial charge in [0.2, 0.25) is 0 Å². The Balaban J connectivity index is 1.69. The van der Waals surface area contributed by atoms with Gasteiger partial charge in [0.15, 0.2) is 5.82 Å². The fourth-order valence-corrected chi connectivity index (χ4v) is 3.29. The van der Waals surface area contributed by atoms with Crippen molar-refractivity contribution >= 4 is 51.6 Å². The summed E-state index contributed by atoms with van der Waals surface area (Å²) >= 11 is 6.12. The van der Waals surface area contributed by atoms with Crippen molar-refractivity contribution in [2.24, 2.45) is 0 Å². The number of carbonyl (C=O) groups excluding carboxylic acids is 2. The molecule has 156 valence electrons. The number of furan rings is 1. The van der Waals surface area contributed by atoms with Crippen LogP contribution in [0, 0.1) is 6.92 Å². The molecule has 0 spiro atoms. The van der Waals surface area contributed by atoms with Crippen LogP contribution in [-0.4, -0.2) is 23.8 Å². The summed E-state index contributed by atoms with van der Waals surface area (Å²) in [6, 6.07) is 14.3. The molecule has 7 nitrogen and oxygen atoms in total. The molecular weight excluding hydrogens is 416 g/mol. The fraction of sp³-hybridized carbons (Fsp3) is 0.0870. The quantitative estimate of drug-likeness (QED) is 0.404. The minimum atomic E-state index is -0.372. The van der Waals surface area contributed by atoms with E-state index in [9.17, 15) is 9.59 Å². The van der Waals surface area contributed by atoms with Crippen molar-refractivity contribution in [3.63, 3.8) is 0 Å². The van der Waals surface area contributed by atoms with E-state index < -0.39 is 0 Å². The number of pyridine rings is 1. The number of hydrogen-bond donors (Lipinski definition) is 3. The first-order valence-electron chi connectivity index (χ1n) is 9.49. The molecule has 0 aliphatic carbocycles. The van der Waals surface area contributed by atoms with Crippen LogP contribution in [0.2, 0.25) is 5.02 Å². The van der Waals surface area contributed by atoms with E-state index in [4.69, 9.17) is 16.0 Å². The Morgan fingerprint density at radius 2 is 1.81 bits per heavy atom. The van der Waals surface area contributed by atoms with Crippen LogP contribution in [0.5, 0.6) is 0 Å². The van der Waals surface area contributed by atoms with Gasteiger partial charge in [-0.1, -0.05) is 29.8 Å². The Kier molecular flexibility index (Phi) is 5.60. The Bertz CT molecular complexity index is 1300. The highest BCUT2D eigenvalue weighted by atomic mass is 35.5. The smallest absolute Gasteiger partial charge is 0.255 e. The normalized spacial score (nSPS) is 10.7. The summed E-state index contributed by atoms with van der Waals surface area (Å²) in [5, 5.41) is 9.69. The Morgan fingerprint density at radius 3 is 2.58 bits per heavy atom. The summed E-state index contributed by atoms with van der Waals surface area (Å²) in [7, 11) is 1.53. The Labute approximate surface area is 183 Å². The standard InChI is InChI=1S/C23H19ClN4O3/c1-13-5-3-4-6-18(13)27-21-19(10-15(11-26-21)22(29)25-2)28-23(30)14-7-8-20-16(9-14)17(24)12-31-20/h3-12H,1-2H3,(H,25,29)(H,26,27)(H,28,30). The monoisotopic (exact) mass is 434 g/mol. The van der Waals surface area contributed by atoms with Crippen molar-refractivity contribution in [2.75, 3.05) is 17.7 Å². The second kappa shape index (κ2) is 8.49. The molecule has 2 heterocycles. The van der Waals surface area contributed by atoms with E-state index in [1.807, 2.05) is 31.2 Å². The van der Waals surface area contributed by atoms with Crippen LogP contribution in [0.1, 0.15) is 26.3 Å². The summed E-state index contributed by atoms with van der Waals surface area (Å²) in [5.74, 6) is -0.266. The fourth-order valence-electron chi connectivity index (χ4n) is 3.10. The van der Waals surface area contributed by atoms with Gasteiger partial charge in [0.1, 0.15) is 11.8 Å². The molecule has 8 heteroatoms. The lowest BCUT2D eigenvalue weighted by Crippen LogP contribution is -2.19. The van der Waals surface area contributed by atoms with E-state index >= 15 is 0 Å². The number of fused-ring (bicyclic) bond motifs is 1. The number of hydrogen-bond acceptors (Lipinski definition) is 5. The molecule has 0 fully saturated rings. The third kappa shape index (κ3) is 4.22. The molecule has 0 aliphatic rings. The first kappa shape index (κ1) is 20.4. The lowest BCUT2D eigenvalue weighted by atomic mass is 10.1. The number of aryl methyl sites for hydroxylation is 1. The van der Waals surface area contributed by atoms with E-state index in [1.54, 1.807) is 24.3 Å². The molecule has 4 rings (SSSR count). The van der Waals surface area contributed by atoms with Gasteiger partial charge < -0.3 is 20.4 Å². The van der Waals surface area contributed by atoms with Gasteiger partial charge >= 0.3 is 0 Å². The second-order valence-corrected chi connectivity index (χ2v) is 7.30. The van der Waals surface area contributed by atoms with Crippen LogP contribution in [0.15, 0.2) is 65.4 Å². The number of aromatic nitrogens is 1.